The molecule has 0 aliphatic carbocycles. The van der Waals surface area contributed by atoms with Gasteiger partial charge in [-0.2, -0.15) is 11.8 Å². The van der Waals surface area contributed by atoms with Gasteiger partial charge in [0.25, 0.3) is 0 Å². The Morgan fingerprint density at radius 3 is 3.00 bits per heavy atom. The fourth-order valence-electron chi connectivity index (χ4n) is 2.20. The van der Waals surface area contributed by atoms with Crippen LogP contribution in [-0.4, -0.2) is 49.1 Å². The fourth-order valence-corrected chi connectivity index (χ4v) is 2.78. The van der Waals surface area contributed by atoms with Gasteiger partial charge in [0.15, 0.2) is 0 Å². The molecule has 1 fully saturated rings. The Kier molecular flexibility index (Phi) is 6.69. The van der Waals surface area contributed by atoms with Crippen LogP contribution in [-0.2, 0) is 0 Å². The van der Waals surface area contributed by atoms with Crippen molar-refractivity contribution in [3.8, 4) is 0 Å². The molecule has 2 atom stereocenters. The van der Waals surface area contributed by atoms with Crippen molar-refractivity contribution >= 4 is 11.8 Å². The first-order chi connectivity index (χ1) is 7.25. The number of rotatable bonds is 5. The minimum Gasteiger partial charge on any atom is -0.315 e. The van der Waals surface area contributed by atoms with Gasteiger partial charge in [0.1, 0.15) is 0 Å². The van der Waals surface area contributed by atoms with E-state index in [4.69, 9.17) is 0 Å². The van der Waals surface area contributed by atoms with E-state index in [-0.39, 0.29) is 0 Å². The Labute approximate surface area is 99.2 Å². The van der Waals surface area contributed by atoms with Gasteiger partial charge in [-0.1, -0.05) is 6.42 Å². The molecule has 1 heterocycles. The molecule has 15 heavy (non-hydrogen) atoms. The summed E-state index contributed by atoms with van der Waals surface area (Å²) in [6.45, 7) is 4.75. The van der Waals surface area contributed by atoms with Crippen molar-refractivity contribution in [3.63, 3.8) is 0 Å². The van der Waals surface area contributed by atoms with E-state index in [1.165, 1.54) is 44.5 Å². The normalized spacial score (nSPS) is 25.2. The number of hydrogen-bond acceptors (Lipinski definition) is 3. The third-order valence-electron chi connectivity index (χ3n) is 3.53. The minimum absolute atomic E-state index is 0.724. The zero-order valence-electron chi connectivity index (χ0n) is 10.5. The Morgan fingerprint density at radius 2 is 2.27 bits per heavy atom. The number of hydrogen-bond donors (Lipinski definition) is 1. The third-order valence-corrected chi connectivity index (χ3v) is 4.18. The molecule has 0 spiro atoms. The Morgan fingerprint density at radius 1 is 1.47 bits per heavy atom. The Balaban J connectivity index is 2.32. The maximum atomic E-state index is 3.54. The van der Waals surface area contributed by atoms with E-state index in [1.807, 2.05) is 11.8 Å². The van der Waals surface area contributed by atoms with Crippen molar-refractivity contribution in [2.45, 2.75) is 44.7 Å². The lowest BCUT2D eigenvalue weighted by Gasteiger charge is -2.32. The van der Waals surface area contributed by atoms with Gasteiger partial charge >= 0.3 is 0 Å². The molecule has 0 aromatic rings. The highest BCUT2D eigenvalue weighted by Gasteiger charge is 2.20. The maximum Gasteiger partial charge on any atom is 0.0220 e. The summed E-state index contributed by atoms with van der Waals surface area (Å²) in [5.74, 6) is 1.28. The van der Waals surface area contributed by atoms with Crippen molar-refractivity contribution in [2.75, 3.05) is 32.1 Å². The largest absolute Gasteiger partial charge is 0.315 e. The van der Waals surface area contributed by atoms with Crippen LogP contribution >= 0.6 is 11.8 Å². The highest BCUT2D eigenvalue weighted by Crippen LogP contribution is 2.15. The van der Waals surface area contributed by atoms with Gasteiger partial charge in [-0.3, -0.25) is 4.90 Å². The quantitative estimate of drug-likeness (QED) is 0.779. The van der Waals surface area contributed by atoms with Gasteiger partial charge in [-0.25, -0.2) is 0 Å². The van der Waals surface area contributed by atoms with Crippen LogP contribution in [0.25, 0.3) is 0 Å². The SMILES string of the molecule is CSCCC(C)N(C)C1CCCCNC1. The van der Waals surface area contributed by atoms with E-state index in [0.717, 1.165) is 12.1 Å². The second-order valence-corrected chi connectivity index (χ2v) is 5.64. The third kappa shape index (κ3) is 4.75. The first-order valence-corrected chi connectivity index (χ1v) is 7.56. The minimum atomic E-state index is 0.724. The van der Waals surface area contributed by atoms with Gasteiger partial charge in [-0.05, 0) is 51.8 Å². The zero-order valence-corrected chi connectivity index (χ0v) is 11.3. The van der Waals surface area contributed by atoms with Crippen LogP contribution in [0.4, 0.5) is 0 Å². The van der Waals surface area contributed by atoms with E-state index in [0.29, 0.717) is 0 Å². The Hall–Kier alpha value is 0.270. The molecule has 1 aliphatic heterocycles. The highest BCUT2D eigenvalue weighted by molar-refractivity contribution is 7.98. The molecule has 90 valence electrons. The summed E-state index contributed by atoms with van der Waals surface area (Å²) in [4.78, 5) is 2.58. The van der Waals surface area contributed by atoms with Crippen LogP contribution in [0.5, 0.6) is 0 Å². The van der Waals surface area contributed by atoms with E-state index in [2.05, 4.69) is 30.4 Å². The summed E-state index contributed by atoms with van der Waals surface area (Å²) >= 11 is 1.96. The molecule has 0 saturated carbocycles. The molecule has 1 saturated heterocycles. The second-order valence-electron chi connectivity index (χ2n) is 4.65. The standard InChI is InChI=1S/C12H26N2S/c1-11(7-9-15-3)14(2)12-6-4-5-8-13-10-12/h11-13H,4-10H2,1-3H3. The molecule has 0 aromatic carbocycles. The van der Waals surface area contributed by atoms with Gasteiger partial charge < -0.3 is 5.32 Å². The molecule has 0 bridgehead atoms. The summed E-state index contributed by atoms with van der Waals surface area (Å²) in [5.41, 5.74) is 0. The van der Waals surface area contributed by atoms with E-state index >= 15 is 0 Å². The molecule has 2 nitrogen and oxygen atoms in total. The molecule has 1 rings (SSSR count). The molecule has 1 N–H and O–H groups in total. The summed E-state index contributed by atoms with van der Waals surface area (Å²) in [7, 11) is 2.29. The van der Waals surface area contributed by atoms with E-state index < -0.39 is 0 Å². The van der Waals surface area contributed by atoms with Crippen molar-refractivity contribution in [1.29, 1.82) is 0 Å². The van der Waals surface area contributed by atoms with Gasteiger partial charge in [0.05, 0.1) is 0 Å². The lowest BCUT2D eigenvalue weighted by atomic mass is 10.1. The fraction of sp³-hybridized carbons (Fsp3) is 1.00. The van der Waals surface area contributed by atoms with Crippen LogP contribution in [0.2, 0.25) is 0 Å². The smallest absolute Gasteiger partial charge is 0.0220 e. The molecule has 2 unspecified atom stereocenters. The van der Waals surface area contributed by atoms with Gasteiger partial charge in [0.2, 0.25) is 0 Å². The molecule has 0 aromatic heterocycles. The summed E-state index contributed by atoms with van der Waals surface area (Å²) < 4.78 is 0. The molecule has 3 heteroatoms. The van der Waals surface area contributed by atoms with E-state index in [1.54, 1.807) is 0 Å². The van der Waals surface area contributed by atoms with Crippen molar-refractivity contribution < 1.29 is 0 Å². The molecular formula is C12H26N2S. The monoisotopic (exact) mass is 230 g/mol. The topological polar surface area (TPSA) is 15.3 Å². The lowest BCUT2D eigenvalue weighted by Crippen LogP contribution is -2.43. The molecular weight excluding hydrogens is 204 g/mol. The first kappa shape index (κ1) is 13.3. The average Bonchev–Trinajstić information content (AvgIpc) is 2.53. The van der Waals surface area contributed by atoms with Crippen molar-refractivity contribution in [3.05, 3.63) is 0 Å². The molecule has 1 aliphatic rings. The number of thioether (sulfide) groups is 1. The van der Waals surface area contributed by atoms with Crippen LogP contribution in [0.3, 0.4) is 0 Å². The number of nitrogens with zero attached hydrogens (tertiary/aromatic N) is 1. The number of nitrogens with one attached hydrogen (secondary N) is 1. The Bertz CT molecular complexity index is 156. The number of likely N-dealkylation sites (N-methyl/N-ethyl adjacent to an activating group) is 1. The summed E-state index contributed by atoms with van der Waals surface area (Å²) in [6, 6.07) is 1.48. The van der Waals surface area contributed by atoms with Crippen molar-refractivity contribution in [1.82, 2.24) is 10.2 Å². The lowest BCUT2D eigenvalue weighted by molar-refractivity contribution is 0.172. The summed E-state index contributed by atoms with van der Waals surface area (Å²) in [6.07, 6.45) is 7.61. The predicted molar refractivity (Wildman–Crippen MR) is 70.7 cm³/mol. The van der Waals surface area contributed by atoms with Crippen LogP contribution in [0, 0.1) is 0 Å². The molecule has 0 amide bonds. The van der Waals surface area contributed by atoms with Crippen LogP contribution in [0.1, 0.15) is 32.6 Å². The molecule has 0 radical (unpaired) electrons. The van der Waals surface area contributed by atoms with Crippen LogP contribution < -0.4 is 5.32 Å². The van der Waals surface area contributed by atoms with Gasteiger partial charge in [0, 0.05) is 18.6 Å². The predicted octanol–water partition coefficient (Wildman–Crippen LogP) is 2.20. The van der Waals surface area contributed by atoms with Gasteiger partial charge in [-0.15, -0.1) is 0 Å². The maximum absolute atomic E-state index is 3.54. The second kappa shape index (κ2) is 7.53. The first-order valence-electron chi connectivity index (χ1n) is 6.17. The van der Waals surface area contributed by atoms with Crippen molar-refractivity contribution in [2.24, 2.45) is 0 Å². The highest BCUT2D eigenvalue weighted by atomic mass is 32.2. The van der Waals surface area contributed by atoms with E-state index in [9.17, 15) is 0 Å². The summed E-state index contributed by atoms with van der Waals surface area (Å²) in [5, 5.41) is 3.54. The zero-order chi connectivity index (χ0) is 11.1. The van der Waals surface area contributed by atoms with Crippen LogP contribution in [0.15, 0.2) is 0 Å². The average molecular weight is 230 g/mol.